The fourth-order valence-electron chi connectivity index (χ4n) is 2.60. The normalized spacial score (nSPS) is 20.6. The monoisotopic (exact) mass is 330 g/mol. The Morgan fingerprint density at radius 1 is 1.27 bits per heavy atom. The van der Waals surface area contributed by atoms with Crippen LogP contribution in [0.15, 0.2) is 41.0 Å². The van der Waals surface area contributed by atoms with Crippen LogP contribution in [0.1, 0.15) is 31.7 Å². The van der Waals surface area contributed by atoms with Crippen LogP contribution in [0.25, 0.3) is 0 Å². The number of benzene rings is 1. The first-order valence-electron chi connectivity index (χ1n) is 7.00. The lowest BCUT2D eigenvalue weighted by Gasteiger charge is -2.22. The number of aliphatic hydroxyl groups is 1. The Morgan fingerprint density at radius 2 is 1.91 bits per heavy atom. The van der Waals surface area contributed by atoms with Gasteiger partial charge in [0, 0.05) is 29.1 Å². The molecule has 1 aliphatic rings. The van der Waals surface area contributed by atoms with Crippen LogP contribution in [0.3, 0.4) is 0 Å². The second-order valence-corrected chi connectivity index (χ2v) is 7.07. The number of carbonyl (C=O) groups is 1. The standard InChI is InChI=1S/C16H17F3O2S/c1-10(6-11-7-13(20)9-14(21)8-11)22-15-4-2-12(3-5-15)16(17,18)19/h2-5,9-11,20H,6-8H2,1H3. The van der Waals surface area contributed by atoms with Crippen molar-refractivity contribution in [2.45, 2.75) is 42.5 Å². The van der Waals surface area contributed by atoms with E-state index in [4.69, 9.17) is 0 Å². The summed E-state index contributed by atoms with van der Waals surface area (Å²) in [5.74, 6) is 0.142. The predicted molar refractivity (Wildman–Crippen MR) is 79.8 cm³/mol. The van der Waals surface area contributed by atoms with E-state index in [-0.39, 0.29) is 22.7 Å². The number of hydrogen-bond donors (Lipinski definition) is 1. The van der Waals surface area contributed by atoms with Crippen molar-refractivity contribution in [3.8, 4) is 0 Å². The van der Waals surface area contributed by atoms with E-state index in [1.807, 2.05) is 6.92 Å². The molecule has 6 heteroatoms. The largest absolute Gasteiger partial charge is 0.512 e. The fraction of sp³-hybridized carbons (Fsp3) is 0.438. The van der Waals surface area contributed by atoms with Gasteiger partial charge in [0.2, 0.25) is 0 Å². The van der Waals surface area contributed by atoms with Gasteiger partial charge in [0.1, 0.15) is 0 Å². The summed E-state index contributed by atoms with van der Waals surface area (Å²) in [7, 11) is 0. The molecule has 0 fully saturated rings. The number of allylic oxidation sites excluding steroid dienone is 2. The van der Waals surface area contributed by atoms with E-state index >= 15 is 0 Å². The van der Waals surface area contributed by atoms with Crippen molar-refractivity contribution in [3.05, 3.63) is 41.7 Å². The third kappa shape index (κ3) is 4.80. The van der Waals surface area contributed by atoms with Gasteiger partial charge in [0.25, 0.3) is 0 Å². The van der Waals surface area contributed by atoms with E-state index in [0.717, 1.165) is 23.4 Å². The van der Waals surface area contributed by atoms with Gasteiger partial charge < -0.3 is 5.11 Å². The lowest BCUT2D eigenvalue weighted by molar-refractivity contribution is -0.137. The van der Waals surface area contributed by atoms with Crippen LogP contribution in [0, 0.1) is 5.92 Å². The minimum Gasteiger partial charge on any atom is -0.512 e. The predicted octanol–water partition coefficient (Wildman–Crippen LogP) is 5.00. The van der Waals surface area contributed by atoms with E-state index in [0.29, 0.717) is 12.8 Å². The van der Waals surface area contributed by atoms with Gasteiger partial charge in [-0.05, 0) is 36.6 Å². The van der Waals surface area contributed by atoms with Crippen LogP contribution in [-0.4, -0.2) is 16.1 Å². The van der Waals surface area contributed by atoms with Gasteiger partial charge in [-0.2, -0.15) is 13.2 Å². The molecule has 0 amide bonds. The minimum absolute atomic E-state index is 0.0690. The van der Waals surface area contributed by atoms with Crippen molar-refractivity contribution in [1.29, 1.82) is 0 Å². The summed E-state index contributed by atoms with van der Waals surface area (Å²) in [5.41, 5.74) is -0.655. The first kappa shape index (κ1) is 16.9. The highest BCUT2D eigenvalue weighted by atomic mass is 32.2. The maximum atomic E-state index is 12.5. The fourth-order valence-corrected chi connectivity index (χ4v) is 3.72. The second-order valence-electron chi connectivity index (χ2n) is 5.56. The first-order valence-corrected chi connectivity index (χ1v) is 7.88. The number of carbonyl (C=O) groups excluding carboxylic acids is 1. The number of thioether (sulfide) groups is 1. The Hall–Kier alpha value is -1.43. The number of halogens is 3. The molecule has 2 unspecified atom stereocenters. The molecule has 1 N–H and O–H groups in total. The van der Waals surface area contributed by atoms with Gasteiger partial charge in [-0.15, -0.1) is 11.8 Å². The molecule has 2 rings (SSSR count). The molecule has 1 aromatic carbocycles. The Morgan fingerprint density at radius 3 is 2.45 bits per heavy atom. The van der Waals surface area contributed by atoms with Crippen LogP contribution in [0.2, 0.25) is 0 Å². The molecule has 1 aliphatic carbocycles. The molecule has 0 spiro atoms. The van der Waals surface area contributed by atoms with E-state index in [2.05, 4.69) is 0 Å². The highest BCUT2D eigenvalue weighted by Crippen LogP contribution is 2.34. The summed E-state index contributed by atoms with van der Waals surface area (Å²) in [4.78, 5) is 12.2. The SMILES string of the molecule is CC(CC1CC(=O)C=C(O)C1)Sc1ccc(C(F)(F)F)cc1. The van der Waals surface area contributed by atoms with Gasteiger partial charge in [-0.1, -0.05) is 6.92 Å². The molecule has 0 aliphatic heterocycles. The summed E-state index contributed by atoms with van der Waals surface area (Å²) >= 11 is 1.48. The van der Waals surface area contributed by atoms with E-state index in [1.54, 1.807) is 0 Å². The molecule has 1 aromatic rings. The first-order chi connectivity index (χ1) is 10.2. The molecule has 120 valence electrons. The van der Waals surface area contributed by atoms with Gasteiger partial charge in [0.15, 0.2) is 5.78 Å². The summed E-state index contributed by atoms with van der Waals surface area (Å²) in [6.45, 7) is 1.97. The van der Waals surface area contributed by atoms with Crippen molar-refractivity contribution in [2.24, 2.45) is 5.92 Å². The zero-order chi connectivity index (χ0) is 16.3. The molecule has 2 nitrogen and oxygen atoms in total. The topological polar surface area (TPSA) is 37.3 Å². The molecule has 0 radical (unpaired) electrons. The molecule has 0 aromatic heterocycles. The quantitative estimate of drug-likeness (QED) is 0.790. The third-order valence-electron chi connectivity index (χ3n) is 3.50. The summed E-state index contributed by atoms with van der Waals surface area (Å²) in [5, 5.41) is 9.64. The summed E-state index contributed by atoms with van der Waals surface area (Å²) < 4.78 is 37.5. The van der Waals surface area contributed by atoms with Crippen LogP contribution in [-0.2, 0) is 11.0 Å². The molecule has 0 bridgehead atoms. The average molecular weight is 330 g/mol. The molecule has 22 heavy (non-hydrogen) atoms. The maximum Gasteiger partial charge on any atom is 0.416 e. The average Bonchev–Trinajstić information content (AvgIpc) is 2.36. The van der Waals surface area contributed by atoms with Crippen LogP contribution >= 0.6 is 11.8 Å². The third-order valence-corrected chi connectivity index (χ3v) is 4.64. The van der Waals surface area contributed by atoms with Crippen molar-refractivity contribution >= 4 is 17.5 Å². The lowest BCUT2D eigenvalue weighted by atomic mass is 9.89. The van der Waals surface area contributed by atoms with E-state index in [1.165, 1.54) is 30.0 Å². The van der Waals surface area contributed by atoms with Gasteiger partial charge in [-0.3, -0.25) is 4.79 Å². The van der Waals surface area contributed by atoms with Crippen molar-refractivity contribution < 1.29 is 23.1 Å². The van der Waals surface area contributed by atoms with Crippen molar-refractivity contribution in [2.75, 3.05) is 0 Å². The smallest absolute Gasteiger partial charge is 0.416 e. The van der Waals surface area contributed by atoms with Crippen LogP contribution < -0.4 is 0 Å². The molecular weight excluding hydrogens is 313 g/mol. The highest BCUT2D eigenvalue weighted by Gasteiger charge is 2.30. The Bertz CT molecular complexity index is 564. The van der Waals surface area contributed by atoms with Crippen LogP contribution in [0.4, 0.5) is 13.2 Å². The molecular formula is C16H17F3O2S. The summed E-state index contributed by atoms with van der Waals surface area (Å²) in [6.07, 6.45) is -1.41. The number of aliphatic hydroxyl groups excluding tert-OH is 1. The second kappa shape index (κ2) is 6.77. The molecule has 0 saturated carbocycles. The van der Waals surface area contributed by atoms with Crippen molar-refractivity contribution in [1.82, 2.24) is 0 Å². The summed E-state index contributed by atoms with van der Waals surface area (Å²) in [6, 6.07) is 5.09. The molecule has 0 heterocycles. The maximum absolute atomic E-state index is 12.5. The Kier molecular flexibility index (Phi) is 5.21. The number of ketones is 1. The molecule has 2 atom stereocenters. The highest BCUT2D eigenvalue weighted by molar-refractivity contribution is 7.99. The van der Waals surface area contributed by atoms with Gasteiger partial charge >= 0.3 is 6.18 Å². The van der Waals surface area contributed by atoms with Crippen LogP contribution in [0.5, 0.6) is 0 Å². The van der Waals surface area contributed by atoms with Gasteiger partial charge in [-0.25, -0.2) is 0 Å². The Balaban J connectivity index is 1.91. The Labute approximate surface area is 131 Å². The number of alkyl halides is 3. The lowest BCUT2D eigenvalue weighted by Crippen LogP contribution is -2.17. The van der Waals surface area contributed by atoms with E-state index < -0.39 is 11.7 Å². The zero-order valence-corrected chi connectivity index (χ0v) is 12.9. The number of hydrogen-bond acceptors (Lipinski definition) is 3. The zero-order valence-electron chi connectivity index (χ0n) is 12.1. The van der Waals surface area contributed by atoms with E-state index in [9.17, 15) is 23.1 Å². The number of rotatable bonds is 4. The van der Waals surface area contributed by atoms with Gasteiger partial charge in [0.05, 0.1) is 11.3 Å². The minimum atomic E-state index is -4.32. The molecule has 0 saturated heterocycles. The van der Waals surface area contributed by atoms with Crippen molar-refractivity contribution in [3.63, 3.8) is 0 Å².